The zero-order valence-electron chi connectivity index (χ0n) is 17.7. The fraction of sp³-hybridized carbons (Fsp3) is 0.250. The summed E-state index contributed by atoms with van der Waals surface area (Å²) >= 11 is 6.23. The van der Waals surface area contributed by atoms with Gasteiger partial charge < -0.3 is 14.8 Å². The molecule has 9 heteroatoms. The lowest BCUT2D eigenvalue weighted by molar-refractivity contribution is 0.0713. The number of halogens is 4. The molecule has 0 aliphatic carbocycles. The molecule has 1 aliphatic rings. The van der Waals surface area contributed by atoms with E-state index in [4.69, 9.17) is 11.6 Å². The molecule has 33 heavy (non-hydrogen) atoms. The molecule has 172 valence electrons. The van der Waals surface area contributed by atoms with Gasteiger partial charge in [0.2, 0.25) is 0 Å². The van der Waals surface area contributed by atoms with Crippen LogP contribution in [0.25, 0.3) is 0 Å². The van der Waals surface area contributed by atoms with Crippen LogP contribution in [0.5, 0.6) is 0 Å². The first-order chi connectivity index (χ1) is 15.8. The predicted octanol–water partition coefficient (Wildman–Crippen LogP) is 5.22. The highest BCUT2D eigenvalue weighted by Crippen LogP contribution is 2.32. The number of piperidine rings is 1. The Labute approximate surface area is 193 Å². The summed E-state index contributed by atoms with van der Waals surface area (Å²) < 4.78 is 42.3. The van der Waals surface area contributed by atoms with Crippen LogP contribution < -0.4 is 10.9 Å². The molecule has 3 aromatic rings. The minimum atomic E-state index is -1.15. The van der Waals surface area contributed by atoms with Crippen molar-refractivity contribution >= 4 is 28.9 Å². The zero-order chi connectivity index (χ0) is 23.7. The summed E-state index contributed by atoms with van der Waals surface area (Å²) in [5.74, 6) is -2.71. The molecule has 0 spiro atoms. The molecule has 0 saturated carbocycles. The highest BCUT2D eigenvalue weighted by atomic mass is 35.5. The van der Waals surface area contributed by atoms with E-state index in [9.17, 15) is 22.8 Å². The van der Waals surface area contributed by atoms with Crippen molar-refractivity contribution in [2.75, 3.05) is 18.4 Å². The summed E-state index contributed by atoms with van der Waals surface area (Å²) in [6.45, 7) is 0.879. The second-order valence-corrected chi connectivity index (χ2v) is 8.37. The van der Waals surface area contributed by atoms with Crippen molar-refractivity contribution in [3.63, 3.8) is 0 Å². The van der Waals surface area contributed by atoms with Crippen molar-refractivity contribution in [3.05, 3.63) is 92.6 Å². The highest BCUT2D eigenvalue weighted by Gasteiger charge is 2.28. The lowest BCUT2D eigenvalue weighted by atomic mass is 9.89. The van der Waals surface area contributed by atoms with Gasteiger partial charge in [0.05, 0.1) is 16.9 Å². The van der Waals surface area contributed by atoms with Gasteiger partial charge in [0, 0.05) is 26.3 Å². The number of nitrogens with zero attached hydrogens (tertiary/aromatic N) is 2. The smallest absolute Gasteiger partial charge is 0.271 e. The van der Waals surface area contributed by atoms with Gasteiger partial charge in [0.15, 0.2) is 11.6 Å². The summed E-state index contributed by atoms with van der Waals surface area (Å²) in [5, 5.41) is 2.34. The van der Waals surface area contributed by atoms with Gasteiger partial charge in [-0.05, 0) is 48.6 Å². The number of carbonyl (C=O) groups excluding carboxylic acids is 1. The molecule has 5 nitrogen and oxygen atoms in total. The fourth-order valence-electron chi connectivity index (χ4n) is 4.04. The van der Waals surface area contributed by atoms with Crippen LogP contribution >= 0.6 is 11.6 Å². The predicted molar refractivity (Wildman–Crippen MR) is 121 cm³/mol. The Morgan fingerprint density at radius 2 is 1.73 bits per heavy atom. The molecule has 0 radical (unpaired) electrons. The number of anilines is 2. The average molecular weight is 476 g/mol. The van der Waals surface area contributed by atoms with Gasteiger partial charge in [-0.1, -0.05) is 29.8 Å². The number of hydrogen-bond acceptors (Lipinski definition) is 3. The van der Waals surface area contributed by atoms with E-state index in [0.717, 1.165) is 11.6 Å². The van der Waals surface area contributed by atoms with Crippen LogP contribution in [0.15, 0.2) is 53.5 Å². The third kappa shape index (κ3) is 4.61. The Hall–Kier alpha value is -3.26. The van der Waals surface area contributed by atoms with Crippen molar-refractivity contribution in [2.45, 2.75) is 18.8 Å². The highest BCUT2D eigenvalue weighted by molar-refractivity contribution is 6.34. The van der Waals surface area contributed by atoms with E-state index in [2.05, 4.69) is 5.32 Å². The average Bonchev–Trinajstić information content (AvgIpc) is 2.82. The van der Waals surface area contributed by atoms with Gasteiger partial charge in [-0.2, -0.15) is 0 Å². The second kappa shape index (κ2) is 9.31. The van der Waals surface area contributed by atoms with Crippen molar-refractivity contribution in [2.24, 2.45) is 7.05 Å². The molecule has 1 amide bonds. The largest absolute Gasteiger partial charge is 0.351 e. The van der Waals surface area contributed by atoms with Gasteiger partial charge in [0.25, 0.3) is 11.5 Å². The Morgan fingerprint density at radius 3 is 2.39 bits per heavy atom. The number of benzene rings is 2. The molecule has 1 fully saturated rings. The van der Waals surface area contributed by atoms with E-state index in [0.29, 0.717) is 25.9 Å². The summed E-state index contributed by atoms with van der Waals surface area (Å²) in [4.78, 5) is 27.4. The van der Waals surface area contributed by atoms with Crippen molar-refractivity contribution in [1.29, 1.82) is 0 Å². The Kier molecular flexibility index (Phi) is 6.47. The van der Waals surface area contributed by atoms with Gasteiger partial charge in [-0.15, -0.1) is 0 Å². The summed E-state index contributed by atoms with van der Waals surface area (Å²) in [7, 11) is 1.46. The van der Waals surface area contributed by atoms with Gasteiger partial charge in [-0.3, -0.25) is 9.59 Å². The quantitative estimate of drug-likeness (QED) is 0.563. The number of carbonyl (C=O) groups is 1. The number of rotatable bonds is 4. The standard InChI is InChI=1S/C24H21ClF3N3O2/c1-30-13-17(22(20(25)24(30)33)29-19-4-2-3-18(27)21(19)28)23(32)31-11-9-15(10-12-31)14-5-7-16(26)8-6-14/h2-8,13,15,29H,9-12H2,1H3. The topological polar surface area (TPSA) is 54.3 Å². The molecular formula is C24H21ClF3N3O2. The SMILES string of the molecule is Cn1cc(C(=O)N2CCC(c3ccc(F)cc3)CC2)c(Nc2cccc(F)c2F)c(Cl)c1=O. The van der Waals surface area contributed by atoms with Crippen molar-refractivity contribution in [1.82, 2.24) is 9.47 Å². The maximum atomic E-state index is 14.2. The number of aryl methyl sites for hydroxylation is 1. The molecule has 0 atom stereocenters. The Bertz CT molecular complexity index is 1250. The van der Waals surface area contributed by atoms with E-state index >= 15 is 0 Å². The maximum Gasteiger partial charge on any atom is 0.271 e. The lowest BCUT2D eigenvalue weighted by Crippen LogP contribution is -2.39. The van der Waals surface area contributed by atoms with Gasteiger partial charge in [-0.25, -0.2) is 13.2 Å². The van der Waals surface area contributed by atoms with E-state index in [-0.39, 0.29) is 39.6 Å². The van der Waals surface area contributed by atoms with Crippen molar-refractivity contribution < 1.29 is 18.0 Å². The second-order valence-electron chi connectivity index (χ2n) is 7.99. The van der Waals surface area contributed by atoms with Crippen LogP contribution in [0.3, 0.4) is 0 Å². The normalized spacial score (nSPS) is 14.4. The lowest BCUT2D eigenvalue weighted by Gasteiger charge is -2.33. The molecule has 1 aliphatic heterocycles. The number of aromatic nitrogens is 1. The zero-order valence-corrected chi connectivity index (χ0v) is 18.5. The number of likely N-dealkylation sites (tertiary alicyclic amines) is 1. The molecule has 2 aromatic carbocycles. The number of amides is 1. The Morgan fingerprint density at radius 1 is 1.06 bits per heavy atom. The minimum Gasteiger partial charge on any atom is -0.351 e. The molecule has 0 bridgehead atoms. The van der Waals surface area contributed by atoms with E-state index in [1.807, 2.05) is 0 Å². The fourth-order valence-corrected chi connectivity index (χ4v) is 4.32. The monoisotopic (exact) mass is 475 g/mol. The van der Waals surface area contributed by atoms with E-state index < -0.39 is 17.2 Å². The van der Waals surface area contributed by atoms with Crippen LogP contribution in [-0.2, 0) is 7.05 Å². The third-order valence-corrected chi connectivity index (χ3v) is 6.24. The van der Waals surface area contributed by atoms with Crippen LogP contribution in [0.4, 0.5) is 24.5 Å². The molecule has 0 unspecified atom stereocenters. The first-order valence-electron chi connectivity index (χ1n) is 10.4. The molecule has 1 saturated heterocycles. The molecule has 4 rings (SSSR count). The third-order valence-electron chi connectivity index (χ3n) is 5.88. The van der Waals surface area contributed by atoms with Crippen LogP contribution in [0.2, 0.25) is 5.02 Å². The number of pyridine rings is 1. The first kappa shape index (κ1) is 22.9. The van der Waals surface area contributed by atoms with Crippen LogP contribution in [0, 0.1) is 17.5 Å². The Balaban J connectivity index is 1.60. The van der Waals surface area contributed by atoms with Gasteiger partial charge in [0.1, 0.15) is 10.8 Å². The first-order valence-corrected chi connectivity index (χ1v) is 10.8. The minimum absolute atomic E-state index is 0.0741. The van der Waals surface area contributed by atoms with Crippen LogP contribution in [0.1, 0.15) is 34.7 Å². The van der Waals surface area contributed by atoms with E-state index in [1.165, 1.54) is 42.1 Å². The summed E-state index contributed by atoms with van der Waals surface area (Å²) in [6.07, 6.45) is 2.69. The number of hydrogen-bond donors (Lipinski definition) is 1. The molecule has 1 aromatic heterocycles. The summed E-state index contributed by atoms with van der Waals surface area (Å²) in [6, 6.07) is 9.89. The van der Waals surface area contributed by atoms with E-state index in [1.54, 1.807) is 17.0 Å². The molecule has 2 heterocycles. The van der Waals surface area contributed by atoms with Gasteiger partial charge >= 0.3 is 0 Å². The summed E-state index contributed by atoms with van der Waals surface area (Å²) in [5.41, 5.74) is 0.190. The van der Waals surface area contributed by atoms with Crippen LogP contribution in [-0.4, -0.2) is 28.5 Å². The maximum absolute atomic E-state index is 14.2. The number of nitrogens with one attached hydrogen (secondary N) is 1. The van der Waals surface area contributed by atoms with Crippen molar-refractivity contribution in [3.8, 4) is 0 Å². The molecule has 1 N–H and O–H groups in total. The molecular weight excluding hydrogens is 455 g/mol.